The van der Waals surface area contributed by atoms with E-state index in [1.54, 1.807) is 19.1 Å². The minimum Gasteiger partial charge on any atom is -0.392 e. The molecule has 82 valence electrons. The predicted octanol–water partition coefficient (Wildman–Crippen LogP) is -0.00250. The predicted molar refractivity (Wildman–Crippen MR) is 57.7 cm³/mol. The van der Waals surface area contributed by atoms with Gasteiger partial charge in [0.2, 0.25) is 0 Å². The highest BCUT2D eigenvalue weighted by Gasteiger charge is 2.07. The number of aliphatic hydroxyl groups excluding tert-OH is 1. The summed E-state index contributed by atoms with van der Waals surface area (Å²) < 4.78 is 0. The number of rotatable bonds is 4. The van der Waals surface area contributed by atoms with E-state index in [9.17, 15) is 9.90 Å². The van der Waals surface area contributed by atoms with Crippen LogP contribution in [0, 0.1) is 0 Å². The second-order valence-corrected chi connectivity index (χ2v) is 3.49. The Hall–Kier alpha value is -1.62. The molecule has 1 rings (SSSR count). The summed E-state index contributed by atoms with van der Waals surface area (Å²) in [6.45, 7) is 2.19. The first-order chi connectivity index (χ1) is 7.00. The molecular formula is C10H15N3O2. The quantitative estimate of drug-likeness (QED) is 0.731. The number of hydrogen-bond acceptors (Lipinski definition) is 4. The zero-order valence-corrected chi connectivity index (χ0v) is 8.84. The Bertz CT molecular complexity index is 352. The number of amides is 1. The Kier molecular flexibility index (Phi) is 3.62. The van der Waals surface area contributed by atoms with Crippen molar-refractivity contribution in [3.8, 4) is 0 Å². The van der Waals surface area contributed by atoms with Gasteiger partial charge in [0.15, 0.2) is 0 Å². The molecular weight excluding hydrogens is 194 g/mol. The highest BCUT2D eigenvalue weighted by atomic mass is 16.3. The van der Waals surface area contributed by atoms with E-state index < -0.39 is 12.0 Å². The lowest BCUT2D eigenvalue weighted by molar-refractivity contribution is 0.0995. The lowest BCUT2D eigenvalue weighted by atomic mass is 10.2. The van der Waals surface area contributed by atoms with E-state index in [0.29, 0.717) is 6.54 Å². The van der Waals surface area contributed by atoms with E-state index in [2.05, 4.69) is 4.98 Å². The van der Waals surface area contributed by atoms with Crippen molar-refractivity contribution in [1.82, 2.24) is 4.98 Å². The largest absolute Gasteiger partial charge is 0.392 e. The summed E-state index contributed by atoms with van der Waals surface area (Å²) in [5.41, 5.74) is 6.15. The number of carbonyl (C=O) groups is 1. The Morgan fingerprint density at radius 1 is 1.73 bits per heavy atom. The fourth-order valence-corrected chi connectivity index (χ4v) is 1.29. The average Bonchev–Trinajstić information content (AvgIpc) is 2.17. The molecule has 0 spiro atoms. The fourth-order valence-electron chi connectivity index (χ4n) is 1.29. The molecule has 1 unspecified atom stereocenters. The molecule has 0 aliphatic rings. The molecule has 0 aromatic carbocycles. The smallest absolute Gasteiger partial charge is 0.267 e. The number of carbonyl (C=O) groups excluding carboxylic acids is 1. The summed E-state index contributed by atoms with van der Waals surface area (Å²) in [6, 6.07) is 3.36. The summed E-state index contributed by atoms with van der Waals surface area (Å²) in [6.07, 6.45) is 1.09. The molecule has 1 aromatic rings. The van der Waals surface area contributed by atoms with Crippen molar-refractivity contribution in [3.05, 3.63) is 24.0 Å². The second-order valence-electron chi connectivity index (χ2n) is 3.49. The molecule has 1 aromatic heterocycles. The Balaban J connectivity index is 2.85. The number of nitrogens with zero attached hydrogens (tertiary/aromatic N) is 2. The molecule has 0 radical (unpaired) electrons. The maximum atomic E-state index is 10.9. The third kappa shape index (κ3) is 3.21. The van der Waals surface area contributed by atoms with Crippen LogP contribution in [0.1, 0.15) is 17.4 Å². The summed E-state index contributed by atoms with van der Waals surface area (Å²) in [5, 5.41) is 9.21. The highest BCUT2D eigenvalue weighted by Crippen LogP contribution is 2.12. The van der Waals surface area contributed by atoms with Gasteiger partial charge in [-0.05, 0) is 19.1 Å². The number of primary amides is 1. The second kappa shape index (κ2) is 4.75. The van der Waals surface area contributed by atoms with Crippen LogP contribution in [-0.4, -0.2) is 35.7 Å². The molecule has 5 nitrogen and oxygen atoms in total. The van der Waals surface area contributed by atoms with Gasteiger partial charge in [0, 0.05) is 25.5 Å². The molecule has 1 amide bonds. The van der Waals surface area contributed by atoms with Crippen LogP contribution in [0.3, 0.4) is 0 Å². The van der Waals surface area contributed by atoms with Crippen LogP contribution in [0.15, 0.2) is 18.3 Å². The van der Waals surface area contributed by atoms with Crippen molar-refractivity contribution in [3.63, 3.8) is 0 Å². The minimum atomic E-state index is -0.553. The zero-order chi connectivity index (χ0) is 11.4. The number of aliphatic hydroxyl groups is 1. The highest BCUT2D eigenvalue weighted by molar-refractivity contribution is 5.91. The van der Waals surface area contributed by atoms with E-state index in [1.807, 2.05) is 11.9 Å². The fraction of sp³-hybridized carbons (Fsp3) is 0.400. The SMILES string of the molecule is CC(O)CN(C)c1ccnc(C(N)=O)c1. The van der Waals surface area contributed by atoms with Crippen molar-refractivity contribution in [2.24, 2.45) is 5.73 Å². The lowest BCUT2D eigenvalue weighted by Crippen LogP contribution is -2.27. The molecule has 0 aliphatic carbocycles. The Morgan fingerprint density at radius 2 is 2.40 bits per heavy atom. The van der Waals surface area contributed by atoms with Crippen LogP contribution in [0.5, 0.6) is 0 Å². The van der Waals surface area contributed by atoms with Crippen molar-refractivity contribution in [2.45, 2.75) is 13.0 Å². The van der Waals surface area contributed by atoms with Crippen LogP contribution in [-0.2, 0) is 0 Å². The summed E-state index contributed by atoms with van der Waals surface area (Å²) in [5.74, 6) is -0.553. The van der Waals surface area contributed by atoms with Crippen LogP contribution < -0.4 is 10.6 Å². The van der Waals surface area contributed by atoms with Crippen molar-refractivity contribution in [1.29, 1.82) is 0 Å². The average molecular weight is 209 g/mol. The first kappa shape index (κ1) is 11.5. The van der Waals surface area contributed by atoms with E-state index in [1.165, 1.54) is 6.20 Å². The number of aromatic nitrogens is 1. The van der Waals surface area contributed by atoms with Gasteiger partial charge in [-0.2, -0.15) is 0 Å². The lowest BCUT2D eigenvalue weighted by Gasteiger charge is -2.20. The van der Waals surface area contributed by atoms with Crippen LogP contribution in [0.25, 0.3) is 0 Å². The van der Waals surface area contributed by atoms with Gasteiger partial charge in [0.05, 0.1) is 6.10 Å². The molecule has 3 N–H and O–H groups in total. The number of likely N-dealkylation sites (N-methyl/N-ethyl adjacent to an activating group) is 1. The molecule has 0 aliphatic heterocycles. The zero-order valence-electron chi connectivity index (χ0n) is 8.84. The monoisotopic (exact) mass is 209 g/mol. The van der Waals surface area contributed by atoms with Crippen LogP contribution in [0.4, 0.5) is 5.69 Å². The van der Waals surface area contributed by atoms with E-state index in [0.717, 1.165) is 5.69 Å². The van der Waals surface area contributed by atoms with E-state index >= 15 is 0 Å². The number of hydrogen-bond donors (Lipinski definition) is 2. The molecule has 1 atom stereocenters. The molecule has 0 fully saturated rings. The molecule has 0 bridgehead atoms. The summed E-state index contributed by atoms with van der Waals surface area (Å²) in [4.78, 5) is 16.6. The van der Waals surface area contributed by atoms with Gasteiger partial charge in [-0.1, -0.05) is 0 Å². The van der Waals surface area contributed by atoms with Gasteiger partial charge in [-0.25, -0.2) is 0 Å². The molecule has 0 saturated heterocycles. The van der Waals surface area contributed by atoms with Crippen LogP contribution >= 0.6 is 0 Å². The number of pyridine rings is 1. The molecule has 0 saturated carbocycles. The molecule has 15 heavy (non-hydrogen) atoms. The topological polar surface area (TPSA) is 79.4 Å². The summed E-state index contributed by atoms with van der Waals surface area (Å²) >= 11 is 0. The summed E-state index contributed by atoms with van der Waals surface area (Å²) in [7, 11) is 1.83. The molecule has 1 heterocycles. The minimum absolute atomic E-state index is 0.227. The third-order valence-corrected chi connectivity index (χ3v) is 1.97. The van der Waals surface area contributed by atoms with Crippen LogP contribution in [0.2, 0.25) is 0 Å². The van der Waals surface area contributed by atoms with Gasteiger partial charge < -0.3 is 15.7 Å². The van der Waals surface area contributed by atoms with Gasteiger partial charge in [0.25, 0.3) is 5.91 Å². The van der Waals surface area contributed by atoms with Crippen molar-refractivity contribution >= 4 is 11.6 Å². The normalized spacial score (nSPS) is 12.2. The van der Waals surface area contributed by atoms with Crippen molar-refractivity contribution < 1.29 is 9.90 Å². The van der Waals surface area contributed by atoms with Gasteiger partial charge in [-0.15, -0.1) is 0 Å². The first-order valence-electron chi connectivity index (χ1n) is 4.65. The number of anilines is 1. The Morgan fingerprint density at radius 3 is 2.93 bits per heavy atom. The van der Waals surface area contributed by atoms with Gasteiger partial charge >= 0.3 is 0 Å². The maximum Gasteiger partial charge on any atom is 0.267 e. The first-order valence-corrected chi connectivity index (χ1v) is 4.65. The maximum absolute atomic E-state index is 10.9. The van der Waals surface area contributed by atoms with Crippen molar-refractivity contribution in [2.75, 3.05) is 18.5 Å². The van der Waals surface area contributed by atoms with Gasteiger partial charge in [-0.3, -0.25) is 9.78 Å². The van der Waals surface area contributed by atoms with E-state index in [-0.39, 0.29) is 5.69 Å². The third-order valence-electron chi connectivity index (χ3n) is 1.97. The van der Waals surface area contributed by atoms with Gasteiger partial charge in [0.1, 0.15) is 5.69 Å². The standard InChI is InChI=1S/C10H15N3O2/c1-7(14)6-13(2)8-3-4-12-9(5-8)10(11)15/h3-5,7,14H,6H2,1-2H3,(H2,11,15). The number of nitrogens with two attached hydrogens (primary N) is 1. The Labute approximate surface area is 88.5 Å². The molecule has 5 heteroatoms. The van der Waals surface area contributed by atoms with E-state index in [4.69, 9.17) is 5.73 Å².